The average Bonchev–Trinajstić information content (AvgIpc) is 3.20. The summed E-state index contributed by atoms with van der Waals surface area (Å²) in [6.07, 6.45) is 3.27. The summed E-state index contributed by atoms with van der Waals surface area (Å²) in [5, 5.41) is 8.31. The summed E-state index contributed by atoms with van der Waals surface area (Å²) in [6.45, 7) is 2.80. The molecule has 1 saturated heterocycles. The van der Waals surface area contributed by atoms with E-state index < -0.39 is 0 Å². The Bertz CT molecular complexity index is 566. The lowest BCUT2D eigenvalue weighted by atomic mass is 10.3. The van der Waals surface area contributed by atoms with Crippen molar-refractivity contribution < 1.29 is 0 Å². The van der Waals surface area contributed by atoms with Gasteiger partial charge in [0.05, 0.1) is 11.2 Å². The highest BCUT2D eigenvalue weighted by atomic mass is 32.1. The van der Waals surface area contributed by atoms with Crippen LogP contribution in [0, 0.1) is 0 Å². The molecular weight excluding hydrogens is 286 g/mol. The third kappa shape index (κ3) is 3.57. The van der Waals surface area contributed by atoms with Gasteiger partial charge >= 0.3 is 0 Å². The smallest absolute Gasteiger partial charge is 0.231 e. The maximum atomic E-state index is 4.52. The predicted octanol–water partition coefficient (Wildman–Crippen LogP) is 1.62. The maximum Gasteiger partial charge on any atom is 0.231 e. The fourth-order valence-electron chi connectivity index (χ4n) is 2.28. The third-order valence-electron chi connectivity index (χ3n) is 3.38. The van der Waals surface area contributed by atoms with Crippen molar-refractivity contribution in [2.75, 3.05) is 42.2 Å². The van der Waals surface area contributed by atoms with Crippen LogP contribution in [-0.4, -0.2) is 46.6 Å². The normalized spacial score (nSPS) is 14.4. The van der Waals surface area contributed by atoms with Gasteiger partial charge in [0.2, 0.25) is 17.8 Å². The highest BCUT2D eigenvalue weighted by Gasteiger charge is 2.17. The summed E-state index contributed by atoms with van der Waals surface area (Å²) in [7, 11) is 1.82. The Morgan fingerprint density at radius 1 is 1.19 bits per heavy atom. The molecule has 1 fully saturated rings. The van der Waals surface area contributed by atoms with E-state index in [9.17, 15) is 0 Å². The van der Waals surface area contributed by atoms with E-state index in [1.54, 1.807) is 11.3 Å². The van der Waals surface area contributed by atoms with E-state index in [4.69, 9.17) is 0 Å². The first kappa shape index (κ1) is 14.0. The van der Waals surface area contributed by atoms with Crippen LogP contribution in [0.15, 0.2) is 10.9 Å². The Morgan fingerprint density at radius 2 is 2.00 bits per heavy atom. The molecule has 0 amide bonds. The molecule has 0 radical (unpaired) electrons. The summed E-state index contributed by atoms with van der Waals surface area (Å²) in [4.78, 5) is 19.8. The number of hydrogen-bond acceptors (Lipinski definition) is 8. The molecule has 0 spiro atoms. The molecule has 0 unspecified atom stereocenters. The number of anilines is 3. The second-order valence-electron chi connectivity index (χ2n) is 4.88. The first-order valence-corrected chi connectivity index (χ1v) is 8.09. The zero-order chi connectivity index (χ0) is 14.5. The minimum absolute atomic E-state index is 0.600. The molecule has 3 heterocycles. The number of aromatic nitrogens is 4. The number of hydrogen-bond donors (Lipinski definition) is 2. The Hall–Kier alpha value is -1.96. The first-order chi connectivity index (χ1) is 10.3. The molecule has 0 bridgehead atoms. The van der Waals surface area contributed by atoms with Gasteiger partial charge in [-0.2, -0.15) is 15.0 Å². The van der Waals surface area contributed by atoms with E-state index in [0.29, 0.717) is 11.9 Å². The highest BCUT2D eigenvalue weighted by Crippen LogP contribution is 2.18. The summed E-state index contributed by atoms with van der Waals surface area (Å²) in [6, 6.07) is 0. The van der Waals surface area contributed by atoms with Gasteiger partial charge in [-0.3, -0.25) is 0 Å². The topological polar surface area (TPSA) is 78.9 Å². The van der Waals surface area contributed by atoms with Crippen molar-refractivity contribution in [2.24, 2.45) is 0 Å². The Kier molecular flexibility index (Phi) is 4.44. The number of nitrogens with one attached hydrogen (secondary N) is 2. The lowest BCUT2D eigenvalue weighted by Gasteiger charge is -2.16. The summed E-state index contributed by atoms with van der Waals surface area (Å²) < 4.78 is 0. The van der Waals surface area contributed by atoms with Crippen LogP contribution in [-0.2, 0) is 6.42 Å². The molecule has 0 aliphatic carbocycles. The van der Waals surface area contributed by atoms with Crippen LogP contribution in [0.5, 0.6) is 0 Å². The number of thiazole rings is 1. The second kappa shape index (κ2) is 6.66. The minimum Gasteiger partial charge on any atom is -0.357 e. The van der Waals surface area contributed by atoms with Crippen molar-refractivity contribution in [1.29, 1.82) is 0 Å². The van der Waals surface area contributed by atoms with Crippen LogP contribution in [0.4, 0.5) is 17.8 Å². The molecule has 21 heavy (non-hydrogen) atoms. The van der Waals surface area contributed by atoms with Crippen molar-refractivity contribution in [2.45, 2.75) is 19.3 Å². The molecule has 0 aromatic carbocycles. The van der Waals surface area contributed by atoms with Crippen LogP contribution < -0.4 is 15.5 Å². The summed E-state index contributed by atoms with van der Waals surface area (Å²) >= 11 is 1.61. The fraction of sp³-hybridized carbons (Fsp3) is 0.538. The average molecular weight is 305 g/mol. The highest BCUT2D eigenvalue weighted by molar-refractivity contribution is 7.07. The molecule has 1 aliphatic rings. The third-order valence-corrected chi connectivity index (χ3v) is 4.02. The first-order valence-electron chi connectivity index (χ1n) is 7.15. The Labute approximate surface area is 127 Å². The molecule has 112 valence electrons. The van der Waals surface area contributed by atoms with E-state index in [1.165, 1.54) is 12.8 Å². The molecule has 7 nitrogen and oxygen atoms in total. The van der Waals surface area contributed by atoms with Crippen LogP contribution in [0.3, 0.4) is 0 Å². The molecule has 2 aromatic rings. The lowest BCUT2D eigenvalue weighted by Crippen LogP contribution is -2.22. The minimum atomic E-state index is 0.600. The van der Waals surface area contributed by atoms with Crippen molar-refractivity contribution in [1.82, 2.24) is 19.9 Å². The van der Waals surface area contributed by atoms with Crippen LogP contribution in [0.25, 0.3) is 0 Å². The predicted molar refractivity (Wildman–Crippen MR) is 85.1 cm³/mol. The molecule has 8 heteroatoms. The quantitative estimate of drug-likeness (QED) is 0.839. The van der Waals surface area contributed by atoms with Gasteiger partial charge in [-0.1, -0.05) is 0 Å². The molecule has 0 atom stereocenters. The largest absolute Gasteiger partial charge is 0.357 e. The molecule has 1 aliphatic heterocycles. The van der Waals surface area contributed by atoms with Gasteiger partial charge in [0.1, 0.15) is 0 Å². The molecule has 2 aromatic heterocycles. The van der Waals surface area contributed by atoms with E-state index in [0.717, 1.165) is 37.7 Å². The standard InChI is InChI=1S/C13H19N7S/c1-14-11-17-12(15-5-4-10-8-21-9-16-10)19-13(18-11)20-6-2-3-7-20/h8-9H,2-7H2,1H3,(H2,14,15,17,18,19). The Morgan fingerprint density at radius 3 is 2.71 bits per heavy atom. The zero-order valence-electron chi connectivity index (χ0n) is 12.0. The van der Waals surface area contributed by atoms with Crippen LogP contribution in [0.1, 0.15) is 18.5 Å². The zero-order valence-corrected chi connectivity index (χ0v) is 12.9. The number of rotatable bonds is 6. The van der Waals surface area contributed by atoms with Crippen LogP contribution in [0.2, 0.25) is 0 Å². The van der Waals surface area contributed by atoms with Gasteiger partial charge in [0.25, 0.3) is 0 Å². The summed E-state index contributed by atoms with van der Waals surface area (Å²) in [5.74, 6) is 1.97. The second-order valence-corrected chi connectivity index (χ2v) is 5.60. The molecular formula is C13H19N7S. The maximum absolute atomic E-state index is 4.52. The van der Waals surface area contributed by atoms with E-state index >= 15 is 0 Å². The van der Waals surface area contributed by atoms with E-state index in [2.05, 4.69) is 40.8 Å². The fourth-order valence-corrected chi connectivity index (χ4v) is 2.87. The Balaban J connectivity index is 1.66. The lowest BCUT2D eigenvalue weighted by molar-refractivity contribution is 0.873. The van der Waals surface area contributed by atoms with Crippen molar-refractivity contribution in [3.63, 3.8) is 0 Å². The van der Waals surface area contributed by atoms with Gasteiger partial charge in [-0.25, -0.2) is 4.98 Å². The van der Waals surface area contributed by atoms with Gasteiger partial charge in [0, 0.05) is 38.5 Å². The SMILES string of the molecule is CNc1nc(NCCc2cscn2)nc(N2CCCC2)n1. The van der Waals surface area contributed by atoms with Gasteiger partial charge < -0.3 is 15.5 Å². The van der Waals surface area contributed by atoms with Crippen molar-refractivity contribution in [3.05, 3.63) is 16.6 Å². The van der Waals surface area contributed by atoms with Gasteiger partial charge in [-0.15, -0.1) is 11.3 Å². The van der Waals surface area contributed by atoms with Gasteiger partial charge in [0.15, 0.2) is 0 Å². The van der Waals surface area contributed by atoms with E-state index in [1.807, 2.05) is 12.6 Å². The number of nitrogens with zero attached hydrogens (tertiary/aromatic N) is 5. The van der Waals surface area contributed by atoms with Crippen molar-refractivity contribution >= 4 is 29.2 Å². The molecule has 2 N–H and O–H groups in total. The summed E-state index contributed by atoms with van der Waals surface area (Å²) in [5.41, 5.74) is 2.94. The molecule has 0 saturated carbocycles. The molecule has 3 rings (SSSR count). The van der Waals surface area contributed by atoms with E-state index in [-0.39, 0.29) is 0 Å². The van der Waals surface area contributed by atoms with Crippen molar-refractivity contribution in [3.8, 4) is 0 Å². The monoisotopic (exact) mass is 305 g/mol. The van der Waals surface area contributed by atoms with Gasteiger partial charge in [-0.05, 0) is 12.8 Å². The van der Waals surface area contributed by atoms with Crippen LogP contribution >= 0.6 is 11.3 Å².